The molecule has 0 unspecified atom stereocenters. The maximum absolute atomic E-state index is 5.26. The van der Waals surface area contributed by atoms with E-state index in [1.54, 1.807) is 0 Å². The van der Waals surface area contributed by atoms with Gasteiger partial charge >= 0.3 is 0 Å². The molecule has 6 heterocycles. The quantitative estimate of drug-likeness (QED) is 0.156. The molecule has 0 fully saturated rings. The van der Waals surface area contributed by atoms with Crippen LogP contribution in [0.4, 0.5) is 0 Å². The molecule has 19 aromatic carbocycles. The first-order chi connectivity index (χ1) is 61.0. The zero-order valence-electron chi connectivity index (χ0n) is 66.1. The van der Waals surface area contributed by atoms with Crippen LogP contribution >= 0.6 is 0 Å². The smallest absolute Gasteiger partial charge is 0.238 e. The van der Waals surface area contributed by atoms with E-state index in [1.807, 2.05) is 67.0 Å². The summed E-state index contributed by atoms with van der Waals surface area (Å²) in [5.41, 5.74) is 27.6. The maximum atomic E-state index is 5.26. The number of benzene rings is 19. The zero-order chi connectivity index (χ0) is 80.5. The third-order valence-electron chi connectivity index (χ3n) is 25.5. The van der Waals surface area contributed by atoms with Gasteiger partial charge in [0.15, 0.2) is 11.6 Å². The van der Waals surface area contributed by atoms with Crippen LogP contribution < -0.4 is 0 Å². The predicted molar refractivity (Wildman–Crippen MR) is 507 cm³/mol. The molecule has 0 radical (unpaired) electrons. The molecule has 25 aromatic rings. The van der Waals surface area contributed by atoms with Crippen molar-refractivity contribution >= 4 is 130 Å². The first-order valence-corrected chi connectivity index (χ1v) is 41.7. The van der Waals surface area contributed by atoms with Gasteiger partial charge in [0.25, 0.3) is 0 Å². The van der Waals surface area contributed by atoms with Crippen molar-refractivity contribution in [3.63, 3.8) is 0 Å². The molecule has 0 amide bonds. The fraction of sp³-hybridized carbons (Fsp3) is 0. The molecule has 3 aliphatic carbocycles. The molecule has 0 aliphatic heterocycles. The van der Waals surface area contributed by atoms with Crippen molar-refractivity contribution in [1.29, 1.82) is 0 Å². The highest BCUT2D eigenvalue weighted by atomic mass is 15.2. The molecule has 0 saturated carbocycles. The van der Waals surface area contributed by atoms with E-state index in [1.165, 1.54) is 164 Å². The molecule has 568 valence electrons. The van der Waals surface area contributed by atoms with Crippen molar-refractivity contribution in [2.75, 3.05) is 0 Å². The summed E-state index contributed by atoms with van der Waals surface area (Å²) in [7, 11) is 0. The lowest BCUT2D eigenvalue weighted by Crippen LogP contribution is -2.06. The van der Waals surface area contributed by atoms with Crippen LogP contribution in [0.15, 0.2) is 401 Å². The van der Waals surface area contributed by atoms with E-state index in [0.29, 0.717) is 29.5 Å². The second-order valence-electron chi connectivity index (χ2n) is 32.2. The second-order valence-corrected chi connectivity index (χ2v) is 32.2. The summed E-state index contributed by atoms with van der Waals surface area (Å²) in [6, 6.07) is 139. The predicted octanol–water partition coefficient (Wildman–Crippen LogP) is 28.6. The van der Waals surface area contributed by atoms with Gasteiger partial charge in [-0.15, -0.1) is 0 Å². The molecular weight excluding hydrogens is 1500 g/mol. The van der Waals surface area contributed by atoms with Crippen molar-refractivity contribution in [2.45, 2.75) is 0 Å². The summed E-state index contributed by atoms with van der Waals surface area (Å²) in [5, 5.41) is 22.6. The van der Waals surface area contributed by atoms with Gasteiger partial charge in [-0.3, -0.25) is 13.7 Å². The molecule has 0 saturated heterocycles. The highest BCUT2D eigenvalue weighted by molar-refractivity contribution is 6.34. The third kappa shape index (κ3) is 10.5. The zero-order valence-corrected chi connectivity index (χ0v) is 66.1. The van der Waals surface area contributed by atoms with Gasteiger partial charge < -0.3 is 0 Å². The van der Waals surface area contributed by atoms with Crippen LogP contribution in [0.25, 0.3) is 260 Å². The van der Waals surface area contributed by atoms with Crippen molar-refractivity contribution in [3.05, 3.63) is 401 Å². The largest absolute Gasteiger partial charge is 0.278 e. The molecule has 0 atom stereocenters. The van der Waals surface area contributed by atoms with Crippen LogP contribution in [-0.4, -0.2) is 48.6 Å². The maximum Gasteiger partial charge on any atom is 0.238 e. The summed E-state index contributed by atoms with van der Waals surface area (Å²) >= 11 is 0. The average Bonchev–Trinajstić information content (AvgIpc) is 1.55. The van der Waals surface area contributed by atoms with Gasteiger partial charge in [0.2, 0.25) is 17.8 Å². The molecule has 0 spiro atoms. The van der Waals surface area contributed by atoms with Gasteiger partial charge in [-0.2, -0.15) is 9.97 Å². The van der Waals surface area contributed by atoms with Gasteiger partial charge in [-0.05, 0) is 216 Å². The van der Waals surface area contributed by atoms with E-state index in [4.69, 9.17) is 24.9 Å². The van der Waals surface area contributed by atoms with E-state index in [-0.39, 0.29) is 0 Å². The Bertz CT molecular complexity index is 8310. The summed E-state index contributed by atoms with van der Waals surface area (Å²) in [5.74, 6) is 3.28. The molecule has 6 aromatic heterocycles. The molecule has 123 heavy (non-hydrogen) atoms. The first kappa shape index (κ1) is 68.4. The number of hydrogen-bond acceptors (Lipinski definition) is 7. The Kier molecular flexibility index (Phi) is 15.0. The minimum Gasteiger partial charge on any atom is -0.278 e. The normalized spacial score (nSPS) is 12.1. The lowest BCUT2D eigenvalue weighted by atomic mass is 9.91. The van der Waals surface area contributed by atoms with E-state index in [9.17, 15) is 0 Å². The molecule has 10 heteroatoms. The van der Waals surface area contributed by atoms with Crippen LogP contribution in [0.2, 0.25) is 0 Å². The number of rotatable bonds is 7. The lowest BCUT2D eigenvalue weighted by Gasteiger charge is -2.15. The Morgan fingerprint density at radius 2 is 0.415 bits per heavy atom. The Morgan fingerprint density at radius 3 is 0.740 bits per heavy atom. The van der Waals surface area contributed by atoms with E-state index in [0.717, 1.165) is 66.7 Å². The number of fused-ring (bicyclic) bond motifs is 12. The SMILES string of the molecule is c1ccc(-c2cc(-c3ccccc3)nc(-n3c4cccc5c4c4c6c(cccc6ccc43)-c3cc4ccccc4cc3-5)n2)cc1.c1ccc(-c2nc(-c3ccccc3)nc(-n3c4cccc5c4c4c6c(cccc6ccc43)-c3cc4ccccc4cc3-5)n2)cc1.c1cnc(-n2c3cccc4c3c3c5c(cccc5ccc32)-c2cc3ccccc3cc2-4)nc1. The van der Waals surface area contributed by atoms with Crippen LogP contribution in [0.3, 0.4) is 0 Å². The van der Waals surface area contributed by atoms with Crippen molar-refractivity contribution in [2.24, 2.45) is 0 Å². The first-order valence-electron chi connectivity index (χ1n) is 41.7. The Hall–Kier alpha value is -16.7. The van der Waals surface area contributed by atoms with Crippen LogP contribution in [-0.2, 0) is 0 Å². The minimum absolute atomic E-state index is 0.607. The van der Waals surface area contributed by atoms with Crippen LogP contribution in [0, 0.1) is 0 Å². The molecular formula is C113H66N10. The Labute approximate surface area is 704 Å². The van der Waals surface area contributed by atoms with Gasteiger partial charge in [0, 0.05) is 67.0 Å². The fourth-order valence-electron chi connectivity index (χ4n) is 20.2. The number of aromatic nitrogens is 10. The third-order valence-corrected chi connectivity index (χ3v) is 25.5. The number of nitrogens with zero attached hydrogens (tertiary/aromatic N) is 10. The highest BCUT2D eigenvalue weighted by Gasteiger charge is 2.31. The van der Waals surface area contributed by atoms with Crippen LogP contribution in [0.5, 0.6) is 0 Å². The summed E-state index contributed by atoms with van der Waals surface area (Å²) in [4.78, 5) is 35.0. The molecule has 0 N–H and O–H groups in total. The van der Waals surface area contributed by atoms with Crippen LogP contribution in [0.1, 0.15) is 0 Å². The van der Waals surface area contributed by atoms with Gasteiger partial charge in [0.05, 0.1) is 44.5 Å². The van der Waals surface area contributed by atoms with E-state index < -0.39 is 0 Å². The Balaban J connectivity index is 0.000000100. The fourth-order valence-corrected chi connectivity index (χ4v) is 20.2. The van der Waals surface area contributed by atoms with Gasteiger partial charge in [-0.1, -0.05) is 303 Å². The van der Waals surface area contributed by atoms with Crippen molar-refractivity contribution in [3.8, 4) is 130 Å². The standard InChI is InChI=1S/C42H25N3.C41H24N4.C30H17N3/c1-3-11-26(12-4-1)35-25-36(27-13-5-2-6-14-27)44-42(43-35)45-37-20-10-19-32-34-24-30-16-8-7-15-29(30)23-33(34)31-18-9-17-28-21-22-38(45)41(39(28)31)40(32)37;1-3-11-26(12-4-1)39-42-40(27-13-5-2-6-14-27)44-41(43-39)45-34-20-10-19-31-33-24-29-16-8-7-15-28(29)23-32(33)30-18-9-17-25-21-22-35(45)38(36(25)30)37(31)34;1-2-7-20-17-24-22-10-4-11-25-28(22)29-26(33(25)30-31-14-5-15-32-30)13-12-18-8-3-9-21(27(18)29)23(24)16-19(20)6-1/h1-25H;1-24H;1-17H. The average molecular weight is 1560 g/mol. The van der Waals surface area contributed by atoms with E-state index >= 15 is 0 Å². The molecule has 0 bridgehead atoms. The Morgan fingerprint density at radius 1 is 0.154 bits per heavy atom. The topological polar surface area (TPSA) is 105 Å². The molecule has 3 aliphatic rings. The second kappa shape index (κ2) is 26.9. The molecule has 10 nitrogen and oxygen atoms in total. The lowest BCUT2D eigenvalue weighted by molar-refractivity contribution is 0.953. The van der Waals surface area contributed by atoms with E-state index in [2.05, 4.69) is 357 Å². The minimum atomic E-state index is 0.607. The van der Waals surface area contributed by atoms with Gasteiger partial charge in [0.1, 0.15) is 0 Å². The molecule has 28 rings (SSSR count). The summed E-state index contributed by atoms with van der Waals surface area (Å²) < 4.78 is 6.71. The highest BCUT2D eigenvalue weighted by Crippen LogP contribution is 2.55. The van der Waals surface area contributed by atoms with Crippen molar-refractivity contribution < 1.29 is 0 Å². The van der Waals surface area contributed by atoms with Gasteiger partial charge in [-0.25, -0.2) is 24.9 Å². The van der Waals surface area contributed by atoms with Crippen molar-refractivity contribution in [1.82, 2.24) is 48.6 Å². The summed E-state index contributed by atoms with van der Waals surface area (Å²) in [6.45, 7) is 0. The summed E-state index contributed by atoms with van der Waals surface area (Å²) in [6.07, 6.45) is 3.62. The number of hydrogen-bond donors (Lipinski definition) is 0. The monoisotopic (exact) mass is 1560 g/mol.